The number of carbonyl (C=O) groups excluding carboxylic acids is 1. The van der Waals surface area contributed by atoms with E-state index in [1.165, 1.54) is 10.5 Å². The average molecular weight is 360 g/mol. The zero-order valence-corrected chi connectivity index (χ0v) is 14.7. The van der Waals surface area contributed by atoms with Crippen LogP contribution in [0.2, 0.25) is 0 Å². The third kappa shape index (κ3) is 3.64. The lowest BCUT2D eigenvalue weighted by Gasteiger charge is -2.34. The molecule has 1 aliphatic heterocycles. The molecule has 0 saturated carbocycles. The third-order valence-electron chi connectivity index (χ3n) is 4.18. The zero-order valence-electron chi connectivity index (χ0n) is 13.9. The molecule has 1 aliphatic rings. The number of benzene rings is 1. The van der Waals surface area contributed by atoms with Gasteiger partial charge in [-0.1, -0.05) is 18.2 Å². The van der Waals surface area contributed by atoms with Gasteiger partial charge in [-0.2, -0.15) is 4.31 Å². The summed E-state index contributed by atoms with van der Waals surface area (Å²) >= 11 is 0. The number of hydrogen-bond acceptors (Lipinski definition) is 5. The standard InChI is InChI=1S/C17H20N4O3S/c1-18-17(22)14-7-8-16(19-13-14)20-9-11-21(12-10-20)25(23,24)15-5-3-2-4-6-15/h2-8,13H,9-12H2,1H3,(H,18,22). The molecular weight excluding hydrogens is 340 g/mol. The topological polar surface area (TPSA) is 82.6 Å². The fourth-order valence-corrected chi connectivity index (χ4v) is 4.19. The molecule has 132 valence electrons. The summed E-state index contributed by atoms with van der Waals surface area (Å²) in [5.74, 6) is 0.558. The fourth-order valence-electron chi connectivity index (χ4n) is 2.75. The quantitative estimate of drug-likeness (QED) is 0.878. The number of amides is 1. The number of nitrogens with zero attached hydrogens (tertiary/aromatic N) is 3. The molecule has 0 atom stereocenters. The smallest absolute Gasteiger partial charge is 0.252 e. The molecule has 1 N–H and O–H groups in total. The molecular formula is C17H20N4O3S. The van der Waals surface area contributed by atoms with Gasteiger partial charge in [0.05, 0.1) is 10.5 Å². The molecule has 0 bridgehead atoms. The predicted molar refractivity (Wildman–Crippen MR) is 95.0 cm³/mol. The molecule has 1 saturated heterocycles. The van der Waals surface area contributed by atoms with Crippen LogP contribution in [0.1, 0.15) is 10.4 Å². The number of aromatic nitrogens is 1. The Bertz CT molecular complexity index is 830. The lowest BCUT2D eigenvalue weighted by molar-refractivity contribution is 0.0962. The van der Waals surface area contributed by atoms with Crippen LogP contribution in [0.15, 0.2) is 53.6 Å². The van der Waals surface area contributed by atoms with Crippen molar-refractivity contribution in [3.8, 4) is 0 Å². The summed E-state index contributed by atoms with van der Waals surface area (Å²) in [6.45, 7) is 1.91. The largest absolute Gasteiger partial charge is 0.355 e. The van der Waals surface area contributed by atoms with Crippen molar-refractivity contribution in [2.45, 2.75) is 4.90 Å². The highest BCUT2D eigenvalue weighted by molar-refractivity contribution is 7.89. The van der Waals surface area contributed by atoms with E-state index in [0.29, 0.717) is 36.6 Å². The monoisotopic (exact) mass is 360 g/mol. The van der Waals surface area contributed by atoms with Crippen LogP contribution in [0, 0.1) is 0 Å². The Morgan fingerprint density at radius 2 is 1.72 bits per heavy atom. The van der Waals surface area contributed by atoms with Gasteiger partial charge in [-0.05, 0) is 24.3 Å². The van der Waals surface area contributed by atoms with Gasteiger partial charge >= 0.3 is 0 Å². The second kappa shape index (κ2) is 7.20. The van der Waals surface area contributed by atoms with Crippen LogP contribution in [0.25, 0.3) is 0 Å². The highest BCUT2D eigenvalue weighted by Gasteiger charge is 2.28. The van der Waals surface area contributed by atoms with Crippen LogP contribution in [-0.2, 0) is 10.0 Å². The Morgan fingerprint density at radius 3 is 2.28 bits per heavy atom. The van der Waals surface area contributed by atoms with Crippen LogP contribution in [-0.4, -0.2) is 56.8 Å². The molecule has 25 heavy (non-hydrogen) atoms. The molecule has 0 aliphatic carbocycles. The van der Waals surface area contributed by atoms with Gasteiger partial charge < -0.3 is 10.2 Å². The van der Waals surface area contributed by atoms with Gasteiger partial charge in [-0.25, -0.2) is 13.4 Å². The lowest BCUT2D eigenvalue weighted by atomic mass is 10.2. The van der Waals surface area contributed by atoms with Crippen molar-refractivity contribution in [2.24, 2.45) is 0 Å². The Balaban J connectivity index is 1.67. The van der Waals surface area contributed by atoms with Crippen molar-refractivity contribution in [2.75, 3.05) is 38.1 Å². The molecule has 2 aromatic rings. The Labute approximate surface area is 147 Å². The number of hydrogen-bond donors (Lipinski definition) is 1. The number of rotatable bonds is 4. The van der Waals surface area contributed by atoms with Crippen molar-refractivity contribution in [3.05, 3.63) is 54.2 Å². The molecule has 3 rings (SSSR count). The summed E-state index contributed by atoms with van der Waals surface area (Å²) in [5, 5.41) is 2.55. The normalized spacial score (nSPS) is 15.8. The summed E-state index contributed by atoms with van der Waals surface area (Å²) in [4.78, 5) is 18.2. The van der Waals surface area contributed by atoms with Crippen LogP contribution in [0.5, 0.6) is 0 Å². The molecule has 0 unspecified atom stereocenters. The SMILES string of the molecule is CNC(=O)c1ccc(N2CCN(S(=O)(=O)c3ccccc3)CC2)nc1. The van der Waals surface area contributed by atoms with E-state index < -0.39 is 10.0 Å². The molecule has 0 spiro atoms. The zero-order chi connectivity index (χ0) is 17.9. The van der Waals surface area contributed by atoms with E-state index >= 15 is 0 Å². The minimum Gasteiger partial charge on any atom is -0.355 e. The van der Waals surface area contributed by atoms with E-state index in [0.717, 1.165) is 5.82 Å². The number of nitrogens with one attached hydrogen (secondary N) is 1. The highest BCUT2D eigenvalue weighted by atomic mass is 32.2. The third-order valence-corrected chi connectivity index (χ3v) is 6.09. The molecule has 1 amide bonds. The maximum atomic E-state index is 12.6. The number of carbonyl (C=O) groups is 1. The summed E-state index contributed by atoms with van der Waals surface area (Å²) in [7, 11) is -1.88. The van der Waals surface area contributed by atoms with Crippen molar-refractivity contribution < 1.29 is 13.2 Å². The van der Waals surface area contributed by atoms with Gasteiger partial charge in [0.15, 0.2) is 0 Å². The molecule has 1 aromatic carbocycles. The summed E-state index contributed by atoms with van der Waals surface area (Å²) < 4.78 is 26.8. The molecule has 2 heterocycles. The minimum atomic E-state index is -3.46. The van der Waals surface area contributed by atoms with Crippen molar-refractivity contribution >= 4 is 21.7 Å². The molecule has 7 nitrogen and oxygen atoms in total. The van der Waals surface area contributed by atoms with E-state index in [1.54, 1.807) is 49.5 Å². The first-order valence-electron chi connectivity index (χ1n) is 8.00. The molecule has 1 fully saturated rings. The number of sulfonamides is 1. The van der Waals surface area contributed by atoms with E-state index in [9.17, 15) is 13.2 Å². The van der Waals surface area contributed by atoms with Gasteiger partial charge in [-0.3, -0.25) is 4.79 Å². The predicted octanol–water partition coefficient (Wildman–Crippen LogP) is 0.952. The number of piperazine rings is 1. The maximum Gasteiger partial charge on any atom is 0.252 e. The first kappa shape index (κ1) is 17.4. The van der Waals surface area contributed by atoms with Crippen molar-refractivity contribution in [3.63, 3.8) is 0 Å². The number of anilines is 1. The van der Waals surface area contributed by atoms with Gasteiger partial charge in [-0.15, -0.1) is 0 Å². The van der Waals surface area contributed by atoms with Gasteiger partial charge in [0.25, 0.3) is 5.91 Å². The molecule has 8 heteroatoms. The van der Waals surface area contributed by atoms with Gasteiger partial charge in [0, 0.05) is 39.4 Å². The Morgan fingerprint density at radius 1 is 1.04 bits per heavy atom. The summed E-state index contributed by atoms with van der Waals surface area (Å²) in [6.07, 6.45) is 1.53. The second-order valence-corrected chi connectivity index (χ2v) is 7.63. The first-order chi connectivity index (χ1) is 12.0. The lowest BCUT2D eigenvalue weighted by Crippen LogP contribution is -2.48. The Kier molecular flexibility index (Phi) is 5.00. The van der Waals surface area contributed by atoms with E-state index in [2.05, 4.69) is 10.3 Å². The van der Waals surface area contributed by atoms with Gasteiger partial charge in [0.1, 0.15) is 5.82 Å². The van der Waals surface area contributed by atoms with Crippen molar-refractivity contribution in [1.29, 1.82) is 0 Å². The van der Waals surface area contributed by atoms with E-state index in [-0.39, 0.29) is 5.91 Å². The van der Waals surface area contributed by atoms with Gasteiger partial charge in [0.2, 0.25) is 10.0 Å². The summed E-state index contributed by atoms with van der Waals surface area (Å²) in [6, 6.07) is 12.0. The Hall–Kier alpha value is -2.45. The van der Waals surface area contributed by atoms with Crippen LogP contribution < -0.4 is 10.2 Å². The fraction of sp³-hybridized carbons (Fsp3) is 0.294. The highest BCUT2D eigenvalue weighted by Crippen LogP contribution is 2.20. The van der Waals surface area contributed by atoms with E-state index in [4.69, 9.17) is 0 Å². The molecule has 0 radical (unpaired) electrons. The van der Waals surface area contributed by atoms with Crippen LogP contribution >= 0.6 is 0 Å². The van der Waals surface area contributed by atoms with E-state index in [1.807, 2.05) is 4.90 Å². The number of pyridine rings is 1. The molecule has 1 aromatic heterocycles. The minimum absolute atomic E-state index is 0.183. The second-order valence-electron chi connectivity index (χ2n) is 5.69. The van der Waals surface area contributed by atoms with Crippen molar-refractivity contribution in [1.82, 2.24) is 14.6 Å². The average Bonchev–Trinajstić information content (AvgIpc) is 2.68. The maximum absolute atomic E-state index is 12.6. The first-order valence-corrected chi connectivity index (χ1v) is 9.44. The van der Waals surface area contributed by atoms with Crippen LogP contribution in [0.3, 0.4) is 0 Å². The summed E-state index contributed by atoms with van der Waals surface area (Å²) in [5.41, 5.74) is 0.497. The van der Waals surface area contributed by atoms with Crippen LogP contribution in [0.4, 0.5) is 5.82 Å².